The molecule has 34 heavy (non-hydrogen) atoms. The van der Waals surface area contributed by atoms with E-state index in [0.29, 0.717) is 0 Å². The number of nitrogens with one attached hydrogen (secondary N) is 3. The van der Waals surface area contributed by atoms with Gasteiger partial charge in [-0.3, -0.25) is 0 Å². The number of rotatable bonds is 6. The van der Waals surface area contributed by atoms with Crippen LogP contribution in [0, 0.1) is 49.4 Å². The van der Waals surface area contributed by atoms with Crippen LogP contribution in [0.1, 0.15) is 0 Å². The zero-order valence-corrected chi connectivity index (χ0v) is 20.5. The van der Waals surface area contributed by atoms with E-state index in [1.165, 1.54) is 0 Å². The smallest absolute Gasteiger partial charge is 0.243 e. The number of aromatic amines is 3. The molecular weight excluding hydrogens is 569 g/mol. The summed E-state index contributed by atoms with van der Waals surface area (Å²) in [4.78, 5) is 0. The van der Waals surface area contributed by atoms with Crippen LogP contribution in [0.3, 0.4) is 0 Å². The average molecular weight is 590 g/mol. The summed E-state index contributed by atoms with van der Waals surface area (Å²) in [5.41, 5.74) is 0. The fourth-order valence-corrected chi connectivity index (χ4v) is 2.57. The predicted octanol–water partition coefficient (Wildman–Crippen LogP) is -1.71. The molecule has 0 spiro atoms. The molecule has 6 rings (SSSR count). The van der Waals surface area contributed by atoms with Crippen molar-refractivity contribution in [3.63, 3.8) is 0 Å². The van der Waals surface area contributed by atoms with Gasteiger partial charge >= 0.3 is 72.0 Å². The summed E-state index contributed by atoms with van der Waals surface area (Å²) in [6.45, 7) is 0. The van der Waals surface area contributed by atoms with Crippen LogP contribution in [-0.4, -0.2) is 67.0 Å². The molecule has 0 bridgehead atoms. The fourth-order valence-electron chi connectivity index (χ4n) is 2.57. The van der Waals surface area contributed by atoms with Crippen LogP contribution in [0.5, 0.6) is 0 Å². The molecule has 12 nitrogen and oxygen atoms in total. The SMILES string of the molecule is [B](n1cccn1)[n+]1ccc[nH]1.[B](n1cccn1)[n+]1ccc[nH]1.[B](n1cccn1)[n+]1ccc[nH]1.[Eu+3]. The van der Waals surface area contributed by atoms with E-state index in [-0.39, 0.29) is 49.4 Å². The molecule has 6 heterocycles. The summed E-state index contributed by atoms with van der Waals surface area (Å²) >= 11 is 0. The second kappa shape index (κ2) is 14.3. The van der Waals surface area contributed by atoms with E-state index in [1.54, 1.807) is 32.4 Å². The average Bonchev–Trinajstić information content (AvgIpc) is 3.67. The van der Waals surface area contributed by atoms with Crippen molar-refractivity contribution in [1.29, 1.82) is 0 Å². The first kappa shape index (κ1) is 25.7. The van der Waals surface area contributed by atoms with E-state index in [9.17, 15) is 0 Å². The van der Waals surface area contributed by atoms with Gasteiger partial charge in [0.1, 0.15) is 0 Å². The van der Waals surface area contributed by atoms with E-state index >= 15 is 0 Å². The third-order valence-corrected chi connectivity index (χ3v) is 4.00. The van der Waals surface area contributed by atoms with Crippen molar-refractivity contribution < 1.29 is 63.2 Å². The van der Waals surface area contributed by atoms with Crippen LogP contribution in [0.25, 0.3) is 0 Å². The Balaban J connectivity index is 0.000000141. The summed E-state index contributed by atoms with van der Waals surface area (Å²) in [5, 5.41) is 21.0. The molecule has 0 saturated carbocycles. The Morgan fingerprint density at radius 2 is 0.824 bits per heavy atom. The Labute approximate surface area is 239 Å². The molecule has 0 saturated heterocycles. The van der Waals surface area contributed by atoms with Gasteiger partial charge in [0.05, 0.1) is 18.6 Å². The summed E-state index contributed by atoms with van der Waals surface area (Å²) in [7, 11) is 5.50. The second-order valence-corrected chi connectivity index (χ2v) is 6.44. The molecule has 0 aliphatic heterocycles. The quantitative estimate of drug-likeness (QED) is 0.201. The van der Waals surface area contributed by atoms with E-state index in [2.05, 4.69) is 30.6 Å². The molecule has 163 valence electrons. The Morgan fingerprint density at radius 1 is 0.500 bits per heavy atom. The normalized spacial score (nSPS) is 9.53. The summed E-state index contributed by atoms with van der Waals surface area (Å²) in [6, 6.07) is 11.4. The van der Waals surface area contributed by atoms with E-state index in [0.717, 1.165) is 0 Å². The van der Waals surface area contributed by atoms with Crippen LogP contribution in [0.4, 0.5) is 0 Å². The molecule has 0 fully saturated rings. The van der Waals surface area contributed by atoms with Gasteiger partial charge in [-0.25, -0.2) is 13.8 Å². The molecule has 0 atom stereocenters. The first-order valence-electron chi connectivity index (χ1n) is 10.0. The molecule has 6 aromatic rings. The van der Waals surface area contributed by atoms with E-state index < -0.39 is 0 Å². The van der Waals surface area contributed by atoms with Crippen molar-refractivity contribution in [3.8, 4) is 0 Å². The molecular formula is C18H21B3EuN12+6. The minimum absolute atomic E-state index is 0. The molecule has 3 radical (unpaired) electrons. The van der Waals surface area contributed by atoms with Crippen molar-refractivity contribution in [2.75, 3.05) is 0 Å². The van der Waals surface area contributed by atoms with Crippen molar-refractivity contribution in [2.45, 2.75) is 0 Å². The summed E-state index contributed by atoms with van der Waals surface area (Å²) in [6.07, 6.45) is 22.1. The fraction of sp³-hybridized carbons (Fsp3) is 0. The van der Waals surface area contributed by atoms with Gasteiger partial charge in [-0.05, 0) is 18.2 Å². The molecule has 0 aromatic carbocycles. The summed E-state index contributed by atoms with van der Waals surface area (Å²) in [5.74, 6) is 0. The maximum absolute atomic E-state index is 4.01. The Morgan fingerprint density at radius 3 is 1.03 bits per heavy atom. The molecule has 0 unspecified atom stereocenters. The van der Waals surface area contributed by atoms with Crippen molar-refractivity contribution >= 4 is 22.6 Å². The molecule has 0 aliphatic rings. The van der Waals surface area contributed by atoms with Gasteiger partial charge in [-0.15, -0.1) is 0 Å². The standard InChI is InChI=1S/3C6H7BN4.Eu/c3*1-3-8-10(5-1)7-11-6-2-4-9-11;/h3*1-6,8H;/q3*+1;+3. The zero-order valence-electron chi connectivity index (χ0n) is 18.0. The van der Waals surface area contributed by atoms with Gasteiger partial charge in [0, 0.05) is 55.4 Å². The van der Waals surface area contributed by atoms with Crippen molar-refractivity contribution in [1.82, 2.24) is 44.4 Å². The number of aromatic nitrogens is 12. The predicted molar refractivity (Wildman–Crippen MR) is 119 cm³/mol. The van der Waals surface area contributed by atoms with Crippen LogP contribution in [-0.2, 0) is 0 Å². The van der Waals surface area contributed by atoms with Gasteiger partial charge in [0.15, 0.2) is 18.6 Å². The molecule has 0 amide bonds. The van der Waals surface area contributed by atoms with Crippen LogP contribution in [0.15, 0.2) is 111 Å². The van der Waals surface area contributed by atoms with E-state index in [1.807, 2.05) is 129 Å². The second-order valence-electron chi connectivity index (χ2n) is 6.44. The molecule has 0 aliphatic carbocycles. The van der Waals surface area contributed by atoms with Gasteiger partial charge in [0.2, 0.25) is 0 Å². The first-order chi connectivity index (χ1) is 16.3. The molecule has 6 aromatic heterocycles. The van der Waals surface area contributed by atoms with Crippen LogP contribution < -0.4 is 13.8 Å². The number of hydrogen-bond donors (Lipinski definition) is 3. The monoisotopic (exact) mass is 591 g/mol. The van der Waals surface area contributed by atoms with Gasteiger partial charge in [-0.2, -0.15) is 44.4 Å². The maximum Gasteiger partial charge on any atom is 3.00 e. The number of H-pyrrole nitrogens is 3. The summed E-state index contributed by atoms with van der Waals surface area (Å²) < 4.78 is 10.6. The third-order valence-electron chi connectivity index (χ3n) is 4.00. The van der Waals surface area contributed by atoms with Crippen molar-refractivity contribution in [2.24, 2.45) is 0 Å². The number of nitrogens with zero attached hydrogens (tertiary/aromatic N) is 9. The largest absolute Gasteiger partial charge is 3.00 e. The van der Waals surface area contributed by atoms with Gasteiger partial charge in [-0.1, -0.05) is 0 Å². The zero-order chi connectivity index (χ0) is 22.6. The van der Waals surface area contributed by atoms with Gasteiger partial charge < -0.3 is 0 Å². The minimum Gasteiger partial charge on any atom is -0.243 e. The van der Waals surface area contributed by atoms with Crippen LogP contribution in [0.2, 0.25) is 0 Å². The Hall–Kier alpha value is -2.96. The van der Waals surface area contributed by atoms with Crippen molar-refractivity contribution in [3.05, 3.63) is 111 Å². The number of hydrogen-bond acceptors (Lipinski definition) is 3. The minimum atomic E-state index is 0. The third kappa shape index (κ3) is 8.76. The maximum atomic E-state index is 4.01. The first-order valence-corrected chi connectivity index (χ1v) is 10.0. The molecule has 16 heteroatoms. The van der Waals surface area contributed by atoms with Crippen LogP contribution >= 0.6 is 0 Å². The topological polar surface area (TPSA) is 112 Å². The Kier molecular flexibility index (Phi) is 10.8. The van der Waals surface area contributed by atoms with Gasteiger partial charge in [0.25, 0.3) is 0 Å². The Bertz CT molecular complexity index is 965. The molecule has 3 N–H and O–H groups in total. The van der Waals surface area contributed by atoms with E-state index in [4.69, 9.17) is 0 Å².